The van der Waals surface area contributed by atoms with Crippen LogP contribution in [0.2, 0.25) is 0 Å². The SMILES string of the molecule is Cc1ncn(-c2ccc(Nc3ncc4cccc(-c5ccnn5C)c4n3)cc2)n1.O=C(O)C(F)(F)F. The number of nitrogens with one attached hydrogen (secondary N) is 1. The quantitative estimate of drug-likeness (QED) is 0.378. The first-order valence-corrected chi connectivity index (χ1v) is 10.4. The molecule has 5 rings (SSSR count). The van der Waals surface area contributed by atoms with Crippen molar-refractivity contribution in [1.29, 1.82) is 0 Å². The summed E-state index contributed by atoms with van der Waals surface area (Å²) in [4.78, 5) is 22.3. The number of rotatable bonds is 4. The van der Waals surface area contributed by atoms with Crippen LogP contribution in [0.3, 0.4) is 0 Å². The van der Waals surface area contributed by atoms with Crippen LogP contribution < -0.4 is 5.32 Å². The number of anilines is 2. The number of benzene rings is 2. The van der Waals surface area contributed by atoms with E-state index in [2.05, 4.69) is 25.5 Å². The van der Waals surface area contributed by atoms with E-state index in [-0.39, 0.29) is 0 Å². The molecule has 3 heterocycles. The number of para-hydroxylation sites is 1. The third-order valence-corrected chi connectivity index (χ3v) is 4.94. The number of nitrogens with zero attached hydrogens (tertiary/aromatic N) is 7. The van der Waals surface area contributed by atoms with Crippen LogP contribution in [-0.2, 0) is 11.8 Å². The first-order valence-electron chi connectivity index (χ1n) is 10.4. The molecule has 0 radical (unpaired) electrons. The maximum absolute atomic E-state index is 10.6. The molecule has 5 aromatic rings. The molecule has 0 aliphatic rings. The van der Waals surface area contributed by atoms with E-state index in [1.54, 1.807) is 17.2 Å². The minimum atomic E-state index is -5.08. The third kappa shape index (κ3) is 5.46. The molecule has 0 saturated heterocycles. The zero-order valence-electron chi connectivity index (χ0n) is 19.0. The van der Waals surface area contributed by atoms with E-state index in [0.717, 1.165) is 39.4 Å². The highest BCUT2D eigenvalue weighted by Crippen LogP contribution is 2.27. The van der Waals surface area contributed by atoms with Crippen molar-refractivity contribution in [2.45, 2.75) is 13.1 Å². The zero-order chi connectivity index (χ0) is 25.9. The van der Waals surface area contributed by atoms with Gasteiger partial charge in [-0.2, -0.15) is 23.4 Å². The number of halogens is 3. The summed E-state index contributed by atoms with van der Waals surface area (Å²) in [6, 6.07) is 15.9. The van der Waals surface area contributed by atoms with E-state index in [4.69, 9.17) is 14.9 Å². The van der Waals surface area contributed by atoms with Crippen molar-refractivity contribution in [3.63, 3.8) is 0 Å². The van der Waals surface area contributed by atoms with Gasteiger partial charge in [0.15, 0.2) is 0 Å². The molecule has 3 aromatic heterocycles. The predicted octanol–water partition coefficient (Wildman–Crippen LogP) is 4.30. The number of carboxylic acids is 1. The lowest BCUT2D eigenvalue weighted by Gasteiger charge is -2.09. The molecule has 0 amide bonds. The number of carbonyl (C=O) groups is 1. The summed E-state index contributed by atoms with van der Waals surface area (Å²) in [5.74, 6) is -1.48. The highest BCUT2D eigenvalue weighted by Gasteiger charge is 2.38. The van der Waals surface area contributed by atoms with Crippen LogP contribution in [0.5, 0.6) is 0 Å². The monoisotopic (exact) mass is 496 g/mol. The maximum atomic E-state index is 10.6. The summed E-state index contributed by atoms with van der Waals surface area (Å²) in [6.07, 6.45) is 0.230. The van der Waals surface area contributed by atoms with Crippen LogP contribution in [0, 0.1) is 6.92 Å². The van der Waals surface area contributed by atoms with Gasteiger partial charge in [0.1, 0.15) is 12.2 Å². The molecular formula is C23H19F3N8O2. The topological polar surface area (TPSA) is 124 Å². The fourth-order valence-corrected chi connectivity index (χ4v) is 3.26. The summed E-state index contributed by atoms with van der Waals surface area (Å²) < 4.78 is 35.3. The average molecular weight is 496 g/mol. The largest absolute Gasteiger partial charge is 0.490 e. The van der Waals surface area contributed by atoms with Crippen LogP contribution in [0.25, 0.3) is 27.8 Å². The van der Waals surface area contributed by atoms with Gasteiger partial charge in [0.05, 0.1) is 16.9 Å². The van der Waals surface area contributed by atoms with Crippen molar-refractivity contribution in [2.24, 2.45) is 7.05 Å². The Bertz CT molecular complexity index is 1510. The second kappa shape index (κ2) is 9.82. The summed E-state index contributed by atoms with van der Waals surface area (Å²) in [7, 11) is 1.92. The Balaban J connectivity index is 0.000000384. The molecule has 0 spiro atoms. The van der Waals surface area contributed by atoms with Gasteiger partial charge < -0.3 is 10.4 Å². The molecular weight excluding hydrogens is 477 g/mol. The number of aliphatic carboxylic acids is 1. The molecule has 0 aliphatic heterocycles. The fourth-order valence-electron chi connectivity index (χ4n) is 3.26. The molecule has 2 aromatic carbocycles. The lowest BCUT2D eigenvalue weighted by atomic mass is 10.1. The van der Waals surface area contributed by atoms with Crippen molar-refractivity contribution in [1.82, 2.24) is 34.5 Å². The Morgan fingerprint density at radius 2 is 1.78 bits per heavy atom. The van der Waals surface area contributed by atoms with Crippen LogP contribution in [0.1, 0.15) is 5.82 Å². The number of hydrogen-bond donors (Lipinski definition) is 2. The summed E-state index contributed by atoms with van der Waals surface area (Å²) >= 11 is 0. The van der Waals surface area contributed by atoms with E-state index in [9.17, 15) is 13.2 Å². The maximum Gasteiger partial charge on any atom is 0.490 e. The lowest BCUT2D eigenvalue weighted by Crippen LogP contribution is -2.21. The second-order valence-corrected chi connectivity index (χ2v) is 7.49. The lowest BCUT2D eigenvalue weighted by molar-refractivity contribution is -0.192. The Labute approximate surface area is 202 Å². The predicted molar refractivity (Wildman–Crippen MR) is 125 cm³/mol. The summed E-state index contributed by atoms with van der Waals surface area (Å²) in [5.41, 5.74) is 4.73. The molecule has 0 atom stereocenters. The molecule has 0 saturated carbocycles. The van der Waals surface area contributed by atoms with E-state index in [1.807, 2.05) is 73.4 Å². The number of aromatic nitrogens is 7. The zero-order valence-corrected chi connectivity index (χ0v) is 19.0. The fraction of sp³-hybridized carbons (Fsp3) is 0.130. The normalized spacial score (nSPS) is 11.1. The number of hydrogen-bond acceptors (Lipinski definition) is 7. The highest BCUT2D eigenvalue weighted by atomic mass is 19.4. The molecule has 0 unspecified atom stereocenters. The standard InChI is InChI=1S/C21H18N8.C2HF3O2/c1-14-23-13-29(27-14)17-8-6-16(7-9-17)25-21-22-12-15-4-3-5-18(20(15)26-21)19-10-11-24-28(19)2;3-2(4,5)1(6)7/h3-13H,1-2H3,(H,22,25,26);(H,6,7). The van der Waals surface area contributed by atoms with Crippen molar-refractivity contribution in [2.75, 3.05) is 5.32 Å². The van der Waals surface area contributed by atoms with Gasteiger partial charge in [-0.1, -0.05) is 18.2 Å². The summed E-state index contributed by atoms with van der Waals surface area (Å²) in [5, 5.41) is 20.0. The van der Waals surface area contributed by atoms with Crippen molar-refractivity contribution in [3.8, 4) is 16.9 Å². The van der Waals surface area contributed by atoms with Gasteiger partial charge >= 0.3 is 12.1 Å². The number of alkyl halides is 3. The van der Waals surface area contributed by atoms with E-state index in [0.29, 0.717) is 5.95 Å². The van der Waals surface area contributed by atoms with Crippen LogP contribution in [0.4, 0.5) is 24.8 Å². The second-order valence-electron chi connectivity index (χ2n) is 7.49. The van der Waals surface area contributed by atoms with Gasteiger partial charge in [-0.05, 0) is 37.3 Å². The molecule has 2 N–H and O–H groups in total. The Kier molecular flexibility index (Phi) is 6.63. The van der Waals surface area contributed by atoms with Gasteiger partial charge in [-0.3, -0.25) is 4.68 Å². The Morgan fingerprint density at radius 3 is 2.36 bits per heavy atom. The molecule has 36 heavy (non-hydrogen) atoms. The van der Waals surface area contributed by atoms with Gasteiger partial charge in [-0.15, -0.1) is 0 Å². The minimum Gasteiger partial charge on any atom is -0.475 e. The van der Waals surface area contributed by atoms with E-state index >= 15 is 0 Å². The number of carboxylic acid groups (broad SMARTS) is 1. The van der Waals surface area contributed by atoms with Crippen LogP contribution in [0.15, 0.2) is 67.3 Å². The van der Waals surface area contributed by atoms with Gasteiger partial charge in [-0.25, -0.2) is 24.4 Å². The van der Waals surface area contributed by atoms with Crippen LogP contribution in [-0.4, -0.2) is 51.8 Å². The molecule has 0 bridgehead atoms. The van der Waals surface area contributed by atoms with Gasteiger partial charge in [0, 0.05) is 36.1 Å². The molecule has 10 nitrogen and oxygen atoms in total. The first kappa shape index (κ1) is 24.3. The van der Waals surface area contributed by atoms with Crippen molar-refractivity contribution >= 4 is 28.5 Å². The third-order valence-electron chi connectivity index (χ3n) is 4.94. The van der Waals surface area contributed by atoms with Crippen molar-refractivity contribution in [3.05, 3.63) is 73.1 Å². The molecule has 0 fully saturated rings. The Hall–Kier alpha value is -4.81. The van der Waals surface area contributed by atoms with Gasteiger partial charge in [0.25, 0.3) is 0 Å². The minimum absolute atomic E-state index is 0.538. The van der Waals surface area contributed by atoms with Gasteiger partial charge in [0.2, 0.25) is 5.95 Å². The first-order chi connectivity index (χ1) is 17.1. The van der Waals surface area contributed by atoms with Crippen LogP contribution >= 0.6 is 0 Å². The van der Waals surface area contributed by atoms with E-state index in [1.165, 1.54) is 0 Å². The molecule has 13 heteroatoms. The molecule has 0 aliphatic carbocycles. The number of aryl methyl sites for hydroxylation is 2. The summed E-state index contributed by atoms with van der Waals surface area (Å²) in [6.45, 7) is 1.86. The Morgan fingerprint density at radius 1 is 1.06 bits per heavy atom. The molecule has 184 valence electrons. The average Bonchev–Trinajstić information content (AvgIpc) is 3.47. The van der Waals surface area contributed by atoms with Crippen molar-refractivity contribution < 1.29 is 23.1 Å². The van der Waals surface area contributed by atoms with E-state index < -0.39 is 12.1 Å². The smallest absolute Gasteiger partial charge is 0.475 e. The number of fused-ring (bicyclic) bond motifs is 1. The highest BCUT2D eigenvalue weighted by molar-refractivity contribution is 5.93.